The van der Waals surface area contributed by atoms with E-state index in [4.69, 9.17) is 0 Å². The van der Waals surface area contributed by atoms with E-state index in [1.165, 1.54) is 24.3 Å². The summed E-state index contributed by atoms with van der Waals surface area (Å²) in [6.07, 6.45) is -1.91. The maximum Gasteiger partial charge on any atom is 0.435 e. The molecule has 1 saturated carbocycles. The maximum atomic E-state index is 13.7. The molecule has 29 heavy (non-hydrogen) atoms. The standard InChI is InChI=1S/C19H13F5N4O/c20-12-2-1-3-13(17(12)21)26-18(29)11-6-7-16(25-9-11)28-14(10-4-5-10)8-15(27-28)19(22,23)24/h1-3,6-10H,4-5H2,(H,26,29). The topological polar surface area (TPSA) is 59.8 Å². The summed E-state index contributed by atoms with van der Waals surface area (Å²) in [7, 11) is 0. The predicted molar refractivity (Wildman–Crippen MR) is 92.6 cm³/mol. The second-order valence-electron chi connectivity index (χ2n) is 6.60. The highest BCUT2D eigenvalue weighted by Crippen LogP contribution is 2.42. The Morgan fingerprint density at radius 1 is 1.14 bits per heavy atom. The molecule has 10 heteroatoms. The van der Waals surface area contributed by atoms with Gasteiger partial charge in [-0.1, -0.05) is 6.07 Å². The molecule has 1 amide bonds. The first-order chi connectivity index (χ1) is 13.7. The van der Waals surface area contributed by atoms with Crippen LogP contribution in [-0.2, 0) is 6.18 Å². The molecule has 1 aliphatic carbocycles. The van der Waals surface area contributed by atoms with Gasteiger partial charge in [0.2, 0.25) is 0 Å². The van der Waals surface area contributed by atoms with Crippen molar-refractivity contribution in [3.05, 3.63) is 71.2 Å². The summed E-state index contributed by atoms with van der Waals surface area (Å²) in [5.41, 5.74) is -0.918. The van der Waals surface area contributed by atoms with Crippen LogP contribution in [0.3, 0.4) is 0 Å². The number of hydrogen-bond donors (Lipinski definition) is 1. The fraction of sp³-hybridized carbons (Fsp3) is 0.211. The Bertz CT molecular complexity index is 1070. The van der Waals surface area contributed by atoms with Crippen LogP contribution < -0.4 is 5.32 Å². The van der Waals surface area contributed by atoms with Gasteiger partial charge in [-0.25, -0.2) is 18.4 Å². The number of carbonyl (C=O) groups excluding carboxylic acids is 1. The van der Waals surface area contributed by atoms with Gasteiger partial charge >= 0.3 is 6.18 Å². The second-order valence-corrected chi connectivity index (χ2v) is 6.60. The number of nitrogens with zero attached hydrogens (tertiary/aromatic N) is 3. The van der Waals surface area contributed by atoms with E-state index in [0.29, 0.717) is 5.69 Å². The number of anilines is 1. The molecule has 2 heterocycles. The van der Waals surface area contributed by atoms with Crippen molar-refractivity contribution >= 4 is 11.6 Å². The van der Waals surface area contributed by atoms with E-state index in [9.17, 15) is 26.7 Å². The van der Waals surface area contributed by atoms with Gasteiger partial charge in [-0.2, -0.15) is 18.3 Å². The lowest BCUT2D eigenvalue weighted by Gasteiger charge is -2.08. The van der Waals surface area contributed by atoms with E-state index < -0.39 is 29.4 Å². The van der Waals surface area contributed by atoms with E-state index in [0.717, 1.165) is 35.9 Å². The van der Waals surface area contributed by atoms with Crippen LogP contribution in [0.2, 0.25) is 0 Å². The molecule has 0 saturated heterocycles. The Balaban J connectivity index is 1.59. The number of hydrogen-bond acceptors (Lipinski definition) is 3. The van der Waals surface area contributed by atoms with Crippen molar-refractivity contribution in [3.63, 3.8) is 0 Å². The van der Waals surface area contributed by atoms with Crippen LogP contribution in [0.1, 0.15) is 40.5 Å². The average molecular weight is 408 g/mol. The lowest BCUT2D eigenvalue weighted by atomic mass is 10.2. The molecular weight excluding hydrogens is 395 g/mol. The van der Waals surface area contributed by atoms with Crippen LogP contribution in [0.4, 0.5) is 27.6 Å². The molecule has 2 aromatic heterocycles. The minimum Gasteiger partial charge on any atom is -0.319 e. The highest BCUT2D eigenvalue weighted by atomic mass is 19.4. The molecular formula is C19H13F5N4O. The summed E-state index contributed by atoms with van der Waals surface area (Å²) in [5.74, 6) is -2.94. The van der Waals surface area contributed by atoms with Crippen molar-refractivity contribution in [2.24, 2.45) is 0 Å². The quantitative estimate of drug-likeness (QED) is 0.637. The molecule has 150 valence electrons. The minimum atomic E-state index is -4.58. The van der Waals surface area contributed by atoms with Gasteiger partial charge in [0.1, 0.15) is 0 Å². The van der Waals surface area contributed by atoms with Crippen molar-refractivity contribution in [3.8, 4) is 5.82 Å². The van der Waals surface area contributed by atoms with Crippen molar-refractivity contribution in [1.82, 2.24) is 14.8 Å². The molecule has 5 nitrogen and oxygen atoms in total. The molecule has 3 aromatic rings. The lowest BCUT2D eigenvalue weighted by Crippen LogP contribution is -2.14. The first-order valence-corrected chi connectivity index (χ1v) is 8.63. The predicted octanol–water partition coefficient (Wildman–Crippen LogP) is 4.69. The SMILES string of the molecule is O=C(Nc1cccc(F)c1F)c1ccc(-n2nc(C(F)(F)F)cc2C2CC2)nc1. The molecule has 1 fully saturated rings. The van der Waals surface area contributed by atoms with E-state index in [-0.39, 0.29) is 23.0 Å². The fourth-order valence-electron chi connectivity index (χ4n) is 2.83. The second kappa shape index (κ2) is 6.94. The summed E-state index contributed by atoms with van der Waals surface area (Å²) in [6.45, 7) is 0. The molecule has 1 N–H and O–H groups in total. The lowest BCUT2D eigenvalue weighted by molar-refractivity contribution is -0.141. The minimum absolute atomic E-state index is 0.0145. The van der Waals surface area contributed by atoms with Gasteiger partial charge in [0.05, 0.1) is 11.3 Å². The molecule has 0 atom stereocenters. The normalized spacial score (nSPS) is 14.1. The Hall–Kier alpha value is -3.30. The van der Waals surface area contributed by atoms with Crippen LogP contribution in [0.15, 0.2) is 42.6 Å². The number of rotatable bonds is 4. The van der Waals surface area contributed by atoms with Crippen LogP contribution in [-0.4, -0.2) is 20.7 Å². The average Bonchev–Trinajstić information content (AvgIpc) is 3.42. The molecule has 0 aliphatic heterocycles. The third-order valence-electron chi connectivity index (χ3n) is 4.45. The smallest absolute Gasteiger partial charge is 0.319 e. The van der Waals surface area contributed by atoms with Gasteiger partial charge in [0, 0.05) is 17.8 Å². The summed E-state index contributed by atoms with van der Waals surface area (Å²) in [6, 6.07) is 7.02. The van der Waals surface area contributed by atoms with Gasteiger partial charge in [-0.15, -0.1) is 0 Å². The van der Waals surface area contributed by atoms with Gasteiger partial charge in [0.25, 0.3) is 5.91 Å². The first-order valence-electron chi connectivity index (χ1n) is 8.63. The number of amides is 1. The van der Waals surface area contributed by atoms with Crippen molar-refractivity contribution in [2.75, 3.05) is 5.32 Å². The Labute approximate surface area is 161 Å². The van der Waals surface area contributed by atoms with Gasteiger partial charge in [0.15, 0.2) is 23.1 Å². The first kappa shape index (κ1) is 19.0. The van der Waals surface area contributed by atoms with E-state index in [1.807, 2.05) is 0 Å². The Morgan fingerprint density at radius 2 is 1.90 bits per heavy atom. The number of nitrogens with one attached hydrogen (secondary N) is 1. The van der Waals surface area contributed by atoms with Crippen molar-refractivity contribution in [2.45, 2.75) is 24.9 Å². The van der Waals surface area contributed by atoms with E-state index in [2.05, 4.69) is 15.4 Å². The highest BCUT2D eigenvalue weighted by molar-refractivity contribution is 6.04. The number of alkyl halides is 3. The maximum absolute atomic E-state index is 13.7. The third kappa shape index (κ3) is 3.82. The van der Waals surface area contributed by atoms with Crippen LogP contribution in [0, 0.1) is 11.6 Å². The molecule has 4 rings (SSSR count). The number of aromatic nitrogens is 3. The van der Waals surface area contributed by atoms with Crippen molar-refractivity contribution in [1.29, 1.82) is 0 Å². The Kier molecular flexibility index (Phi) is 4.56. The molecule has 0 unspecified atom stereocenters. The Morgan fingerprint density at radius 3 is 2.52 bits per heavy atom. The molecule has 0 bridgehead atoms. The summed E-state index contributed by atoms with van der Waals surface area (Å²) < 4.78 is 67.1. The van der Waals surface area contributed by atoms with E-state index >= 15 is 0 Å². The fourth-order valence-corrected chi connectivity index (χ4v) is 2.83. The molecule has 1 aromatic carbocycles. The molecule has 0 spiro atoms. The van der Waals surface area contributed by atoms with E-state index in [1.54, 1.807) is 0 Å². The van der Waals surface area contributed by atoms with Crippen LogP contribution >= 0.6 is 0 Å². The molecule has 1 aliphatic rings. The number of halogens is 5. The van der Waals surface area contributed by atoms with Gasteiger partial charge in [-0.3, -0.25) is 4.79 Å². The molecule has 0 radical (unpaired) electrons. The monoisotopic (exact) mass is 408 g/mol. The number of pyridine rings is 1. The highest BCUT2D eigenvalue weighted by Gasteiger charge is 2.38. The van der Waals surface area contributed by atoms with Crippen LogP contribution in [0.5, 0.6) is 0 Å². The summed E-state index contributed by atoms with van der Waals surface area (Å²) in [4.78, 5) is 16.3. The largest absolute Gasteiger partial charge is 0.435 e. The van der Waals surface area contributed by atoms with Crippen LogP contribution in [0.25, 0.3) is 5.82 Å². The number of carbonyl (C=O) groups is 1. The van der Waals surface area contributed by atoms with Gasteiger partial charge < -0.3 is 5.32 Å². The van der Waals surface area contributed by atoms with Crippen molar-refractivity contribution < 1.29 is 26.7 Å². The number of benzene rings is 1. The zero-order chi connectivity index (χ0) is 20.8. The van der Waals surface area contributed by atoms with Gasteiger partial charge in [-0.05, 0) is 43.2 Å². The zero-order valence-electron chi connectivity index (χ0n) is 14.7. The zero-order valence-corrected chi connectivity index (χ0v) is 14.7. The third-order valence-corrected chi connectivity index (χ3v) is 4.45. The summed E-state index contributed by atoms with van der Waals surface area (Å²) in [5, 5.41) is 5.84. The summed E-state index contributed by atoms with van der Waals surface area (Å²) >= 11 is 0.